The Morgan fingerprint density at radius 1 is 1.00 bits per heavy atom. The summed E-state index contributed by atoms with van der Waals surface area (Å²) in [5, 5.41) is 4.33. The molecule has 0 aliphatic heterocycles. The van der Waals surface area contributed by atoms with Crippen molar-refractivity contribution in [2.75, 3.05) is 32.9 Å². The number of para-hydroxylation sites is 1. The van der Waals surface area contributed by atoms with E-state index in [2.05, 4.69) is 23.5 Å². The number of carbonyl (C=O) groups excluding carboxylic acids is 1. The highest BCUT2D eigenvalue weighted by molar-refractivity contribution is 6.04. The summed E-state index contributed by atoms with van der Waals surface area (Å²) in [6, 6.07) is 19.7. The molecule has 4 rings (SSSR count). The Balaban J connectivity index is 2.03. The Hall–Kier alpha value is -4.00. The van der Waals surface area contributed by atoms with Crippen LogP contribution in [0.25, 0.3) is 21.8 Å². The molecule has 0 saturated carbocycles. The van der Waals surface area contributed by atoms with Gasteiger partial charge in [0, 0.05) is 29.6 Å². The number of aromatic nitrogens is 1. The maximum atomic E-state index is 11.9. The summed E-state index contributed by atoms with van der Waals surface area (Å²) in [7, 11) is 4.70. The quantitative estimate of drug-likeness (QED) is 0.336. The minimum atomic E-state index is -0.531. The highest BCUT2D eigenvalue weighted by Crippen LogP contribution is 2.46. The lowest BCUT2D eigenvalue weighted by Crippen LogP contribution is -2.28. The number of methoxy groups -OCH3 is 2. The van der Waals surface area contributed by atoms with Crippen LogP contribution in [-0.4, -0.2) is 39.1 Å². The number of rotatable bonds is 6. The number of amides is 1. The third-order valence-electron chi connectivity index (χ3n) is 5.26. The monoisotopic (exact) mass is 431 g/mol. The molecule has 7 nitrogen and oxygen atoms in total. The first-order valence-electron chi connectivity index (χ1n) is 10.2. The lowest BCUT2D eigenvalue weighted by molar-refractivity contribution is 0.151. The number of ether oxygens (including phenoxy) is 3. The van der Waals surface area contributed by atoms with Gasteiger partial charge in [-0.2, -0.15) is 0 Å². The fraction of sp³-hybridized carbons (Fsp3) is 0.200. The van der Waals surface area contributed by atoms with E-state index in [1.165, 1.54) is 7.05 Å². The van der Waals surface area contributed by atoms with Crippen LogP contribution in [0.15, 0.2) is 60.7 Å². The van der Waals surface area contributed by atoms with Crippen molar-refractivity contribution in [1.82, 2.24) is 10.3 Å². The first-order valence-corrected chi connectivity index (χ1v) is 10.2. The van der Waals surface area contributed by atoms with Gasteiger partial charge in [0.15, 0.2) is 18.2 Å². The van der Waals surface area contributed by atoms with Gasteiger partial charge < -0.3 is 24.4 Å². The Labute approximate surface area is 186 Å². The molecule has 0 saturated heterocycles. The van der Waals surface area contributed by atoms with Crippen molar-refractivity contribution in [2.45, 2.75) is 6.92 Å². The number of nitrogens with one attached hydrogen (secondary N) is 1. The van der Waals surface area contributed by atoms with Crippen LogP contribution in [0.3, 0.4) is 0 Å². The van der Waals surface area contributed by atoms with Crippen LogP contribution in [0.5, 0.6) is 11.5 Å². The summed E-state index contributed by atoms with van der Waals surface area (Å²) >= 11 is 0. The van der Waals surface area contributed by atoms with E-state index in [1.807, 2.05) is 54.3 Å². The highest BCUT2D eigenvalue weighted by Gasteiger charge is 2.24. The molecule has 0 aliphatic carbocycles. The van der Waals surface area contributed by atoms with Gasteiger partial charge in [0.2, 0.25) is 0 Å². The number of anilines is 2. The van der Waals surface area contributed by atoms with E-state index in [0.29, 0.717) is 17.2 Å². The maximum Gasteiger partial charge on any atom is 0.408 e. The molecular formula is C25H25N3O4. The van der Waals surface area contributed by atoms with E-state index in [9.17, 15) is 4.79 Å². The number of alkyl carbamates (subject to hydrolysis) is 1. The molecule has 1 N–H and O–H groups in total. The fourth-order valence-electron chi connectivity index (χ4n) is 3.71. The normalized spacial score (nSPS) is 10.8. The Kier molecular flexibility index (Phi) is 5.98. The van der Waals surface area contributed by atoms with Gasteiger partial charge in [-0.3, -0.25) is 0 Å². The van der Waals surface area contributed by atoms with Gasteiger partial charge >= 0.3 is 6.09 Å². The zero-order valence-corrected chi connectivity index (χ0v) is 18.5. The molecule has 164 valence electrons. The zero-order chi connectivity index (χ0) is 22.7. The zero-order valence-electron chi connectivity index (χ0n) is 18.5. The van der Waals surface area contributed by atoms with Crippen molar-refractivity contribution >= 4 is 39.3 Å². The van der Waals surface area contributed by atoms with Crippen LogP contribution in [0, 0.1) is 6.92 Å². The van der Waals surface area contributed by atoms with Crippen LogP contribution in [0.2, 0.25) is 0 Å². The molecule has 0 spiro atoms. The third-order valence-corrected chi connectivity index (χ3v) is 5.26. The number of pyridine rings is 1. The maximum absolute atomic E-state index is 11.9. The molecule has 0 atom stereocenters. The van der Waals surface area contributed by atoms with E-state index in [4.69, 9.17) is 19.2 Å². The smallest absolute Gasteiger partial charge is 0.408 e. The average molecular weight is 431 g/mol. The van der Waals surface area contributed by atoms with Crippen molar-refractivity contribution in [1.29, 1.82) is 0 Å². The molecule has 0 radical (unpaired) electrons. The van der Waals surface area contributed by atoms with E-state index < -0.39 is 6.09 Å². The molecule has 1 heterocycles. The van der Waals surface area contributed by atoms with E-state index in [-0.39, 0.29) is 6.73 Å². The Morgan fingerprint density at radius 3 is 2.47 bits per heavy atom. The molecular weight excluding hydrogens is 406 g/mol. The number of fused-ring (bicyclic) bond motifs is 2. The first-order chi connectivity index (χ1) is 15.5. The number of nitrogens with zero attached hydrogens (tertiary/aromatic N) is 2. The molecule has 1 aromatic heterocycles. The van der Waals surface area contributed by atoms with Gasteiger partial charge in [0.25, 0.3) is 0 Å². The van der Waals surface area contributed by atoms with Gasteiger partial charge in [-0.15, -0.1) is 0 Å². The standard InChI is InChI=1S/C25H25N3O4/c1-16-10-11-17-13-19-21(27-20(17)12-16)14-22(30-3)24(31-4)23(19)28(15-32-25(29)26-2)18-8-6-5-7-9-18/h5-14H,15H2,1-4H3,(H,26,29). The second-order valence-corrected chi connectivity index (χ2v) is 7.29. The summed E-state index contributed by atoms with van der Waals surface area (Å²) in [6.07, 6.45) is -0.531. The molecule has 0 aliphatic rings. The summed E-state index contributed by atoms with van der Waals surface area (Å²) < 4.78 is 16.9. The van der Waals surface area contributed by atoms with Crippen LogP contribution >= 0.6 is 0 Å². The second kappa shape index (κ2) is 9.01. The predicted molar refractivity (Wildman–Crippen MR) is 126 cm³/mol. The second-order valence-electron chi connectivity index (χ2n) is 7.29. The lowest BCUT2D eigenvalue weighted by Gasteiger charge is -2.28. The summed E-state index contributed by atoms with van der Waals surface area (Å²) in [6.45, 7) is 2.01. The number of carbonyl (C=O) groups is 1. The number of hydrogen-bond donors (Lipinski definition) is 1. The summed E-state index contributed by atoms with van der Waals surface area (Å²) in [5.74, 6) is 1.06. The molecule has 0 fully saturated rings. The SMILES string of the molecule is CNC(=O)OCN(c1ccccc1)c1c(OC)c(OC)cc2nc3cc(C)ccc3cc12. The van der Waals surface area contributed by atoms with Gasteiger partial charge in [0.1, 0.15) is 0 Å². The number of benzene rings is 3. The van der Waals surface area contributed by atoms with Crippen molar-refractivity contribution < 1.29 is 19.0 Å². The van der Waals surface area contributed by atoms with Crippen LogP contribution in [0.4, 0.5) is 16.2 Å². The molecule has 7 heteroatoms. The van der Waals surface area contributed by atoms with Crippen molar-refractivity contribution in [3.63, 3.8) is 0 Å². The minimum absolute atomic E-state index is 0.0335. The van der Waals surface area contributed by atoms with Gasteiger partial charge in [-0.25, -0.2) is 9.78 Å². The molecule has 1 amide bonds. The first kappa shape index (κ1) is 21.2. The molecule has 4 aromatic rings. The molecule has 3 aromatic carbocycles. The van der Waals surface area contributed by atoms with Crippen LogP contribution < -0.4 is 19.7 Å². The average Bonchev–Trinajstić information content (AvgIpc) is 2.82. The minimum Gasteiger partial charge on any atom is -0.493 e. The number of aryl methyl sites for hydroxylation is 1. The highest BCUT2D eigenvalue weighted by atomic mass is 16.6. The van der Waals surface area contributed by atoms with Crippen LogP contribution in [-0.2, 0) is 4.74 Å². The van der Waals surface area contributed by atoms with Gasteiger partial charge in [-0.05, 0) is 36.8 Å². The summed E-state index contributed by atoms with van der Waals surface area (Å²) in [5.41, 5.74) is 4.30. The van der Waals surface area contributed by atoms with Crippen molar-refractivity contribution in [2.24, 2.45) is 0 Å². The lowest BCUT2D eigenvalue weighted by atomic mass is 10.1. The third kappa shape index (κ3) is 3.97. The predicted octanol–water partition coefficient (Wildman–Crippen LogP) is 5.17. The topological polar surface area (TPSA) is 72.9 Å². The molecule has 0 bridgehead atoms. The molecule has 0 unspecified atom stereocenters. The van der Waals surface area contributed by atoms with Crippen molar-refractivity contribution in [3.8, 4) is 11.5 Å². The Morgan fingerprint density at radius 2 is 1.78 bits per heavy atom. The van der Waals surface area contributed by atoms with Gasteiger partial charge in [0.05, 0.1) is 30.9 Å². The number of hydrogen-bond acceptors (Lipinski definition) is 6. The van der Waals surface area contributed by atoms with E-state index in [0.717, 1.165) is 33.1 Å². The van der Waals surface area contributed by atoms with E-state index in [1.54, 1.807) is 14.2 Å². The largest absolute Gasteiger partial charge is 0.493 e. The summed E-state index contributed by atoms with van der Waals surface area (Å²) in [4.78, 5) is 18.7. The Bertz CT molecular complexity index is 1270. The van der Waals surface area contributed by atoms with E-state index >= 15 is 0 Å². The molecule has 32 heavy (non-hydrogen) atoms. The fourth-order valence-corrected chi connectivity index (χ4v) is 3.71. The van der Waals surface area contributed by atoms with Crippen LogP contribution in [0.1, 0.15) is 5.56 Å². The van der Waals surface area contributed by atoms with Gasteiger partial charge in [-0.1, -0.05) is 30.3 Å². The van der Waals surface area contributed by atoms with Crippen molar-refractivity contribution in [3.05, 3.63) is 66.2 Å².